The summed E-state index contributed by atoms with van der Waals surface area (Å²) in [6, 6.07) is 25.3. The van der Waals surface area contributed by atoms with E-state index in [0.29, 0.717) is 34.3 Å². The maximum absolute atomic E-state index is 13.3. The number of nitrogens with zero attached hydrogens (tertiary/aromatic N) is 1. The van der Waals surface area contributed by atoms with E-state index in [1.54, 1.807) is 60.7 Å². The Morgan fingerprint density at radius 3 is 2.24 bits per heavy atom. The van der Waals surface area contributed by atoms with Gasteiger partial charge in [0.1, 0.15) is 34.8 Å². The lowest BCUT2D eigenvalue weighted by molar-refractivity contribution is -0.132. The topological polar surface area (TPSA) is 89.2 Å². The molecule has 1 aliphatic heterocycles. The molecule has 1 fully saturated rings. The van der Waals surface area contributed by atoms with Gasteiger partial charge in [-0.25, -0.2) is 0 Å². The predicted molar refractivity (Wildman–Crippen MR) is 139 cm³/mol. The molecule has 2 heterocycles. The Bertz CT molecular complexity index is 1440. The first-order valence-corrected chi connectivity index (χ1v) is 11.9. The molecule has 1 aromatic heterocycles. The first kappa shape index (κ1) is 23.9. The Kier molecular flexibility index (Phi) is 6.51. The van der Waals surface area contributed by atoms with Gasteiger partial charge in [-0.05, 0) is 74.5 Å². The van der Waals surface area contributed by atoms with Gasteiger partial charge in [-0.15, -0.1) is 0 Å². The van der Waals surface area contributed by atoms with Crippen LogP contribution in [0.25, 0.3) is 5.76 Å². The third-order valence-corrected chi connectivity index (χ3v) is 5.83. The molecule has 0 bridgehead atoms. The number of hydrogen-bond donors (Lipinski definition) is 1. The van der Waals surface area contributed by atoms with E-state index >= 15 is 0 Å². The standard InChI is InChI=1S/C30H25NO6/c1-19(2)36-24-11-6-8-20(18-24)28(32)26-27(25-12-7-17-35-25)31(30(34)29(26)33)21-13-15-23(16-14-21)37-22-9-4-3-5-10-22/h3-19,27,32H,1-2H3/b28-26-. The van der Waals surface area contributed by atoms with Gasteiger partial charge < -0.3 is 19.0 Å². The lowest BCUT2D eigenvalue weighted by Gasteiger charge is -2.23. The second-order valence-electron chi connectivity index (χ2n) is 8.79. The Morgan fingerprint density at radius 1 is 0.865 bits per heavy atom. The first-order chi connectivity index (χ1) is 17.9. The van der Waals surface area contributed by atoms with Crippen molar-refractivity contribution < 1.29 is 28.6 Å². The summed E-state index contributed by atoms with van der Waals surface area (Å²) in [5.74, 6) is 0.253. The van der Waals surface area contributed by atoms with Crippen molar-refractivity contribution in [3.8, 4) is 17.2 Å². The monoisotopic (exact) mass is 495 g/mol. The van der Waals surface area contributed by atoms with Crippen LogP contribution in [0.5, 0.6) is 17.2 Å². The van der Waals surface area contributed by atoms with Gasteiger partial charge in [0.2, 0.25) is 0 Å². The highest BCUT2D eigenvalue weighted by molar-refractivity contribution is 6.51. The van der Waals surface area contributed by atoms with E-state index in [2.05, 4.69) is 0 Å². The van der Waals surface area contributed by atoms with Crippen LogP contribution in [0.4, 0.5) is 5.69 Å². The zero-order valence-corrected chi connectivity index (χ0v) is 20.3. The molecule has 3 aromatic carbocycles. The number of furan rings is 1. The van der Waals surface area contributed by atoms with E-state index < -0.39 is 17.7 Å². The molecule has 1 amide bonds. The molecule has 1 atom stereocenters. The van der Waals surface area contributed by atoms with Crippen LogP contribution in [0.2, 0.25) is 0 Å². The first-order valence-electron chi connectivity index (χ1n) is 11.9. The number of para-hydroxylation sites is 1. The van der Waals surface area contributed by atoms with Crippen LogP contribution in [-0.4, -0.2) is 22.9 Å². The van der Waals surface area contributed by atoms with Gasteiger partial charge in [-0.1, -0.05) is 30.3 Å². The number of hydrogen-bond acceptors (Lipinski definition) is 6. The Hall–Kier alpha value is -4.78. The van der Waals surface area contributed by atoms with Crippen LogP contribution >= 0.6 is 0 Å². The Morgan fingerprint density at radius 2 is 1.57 bits per heavy atom. The molecule has 0 saturated carbocycles. The van der Waals surface area contributed by atoms with Crippen LogP contribution in [0.1, 0.15) is 31.2 Å². The highest BCUT2D eigenvalue weighted by Crippen LogP contribution is 2.43. The van der Waals surface area contributed by atoms with Crippen molar-refractivity contribution in [2.24, 2.45) is 0 Å². The fourth-order valence-electron chi connectivity index (χ4n) is 4.26. The molecule has 37 heavy (non-hydrogen) atoms. The molecule has 1 N–H and O–H groups in total. The van der Waals surface area contributed by atoms with Gasteiger partial charge in [0, 0.05) is 11.3 Å². The average molecular weight is 496 g/mol. The lowest BCUT2D eigenvalue weighted by atomic mass is 9.99. The molecule has 5 rings (SSSR count). The summed E-state index contributed by atoms with van der Waals surface area (Å²) in [4.78, 5) is 27.9. The maximum Gasteiger partial charge on any atom is 0.300 e. The molecule has 0 spiro atoms. The van der Waals surface area contributed by atoms with Gasteiger partial charge in [0.15, 0.2) is 0 Å². The minimum atomic E-state index is -0.953. The SMILES string of the molecule is CC(C)Oc1cccc(/C(O)=C2/C(=O)C(=O)N(c3ccc(Oc4ccccc4)cc3)C2c2ccco2)c1. The zero-order chi connectivity index (χ0) is 25.9. The van der Waals surface area contributed by atoms with E-state index in [0.717, 1.165) is 0 Å². The summed E-state index contributed by atoms with van der Waals surface area (Å²) in [5, 5.41) is 11.3. The fourth-order valence-corrected chi connectivity index (χ4v) is 4.26. The number of amides is 1. The van der Waals surface area contributed by atoms with E-state index in [1.807, 2.05) is 44.2 Å². The lowest BCUT2D eigenvalue weighted by Crippen LogP contribution is -2.29. The molecular formula is C30H25NO6. The summed E-state index contributed by atoms with van der Waals surface area (Å²) < 4.78 is 17.2. The molecule has 7 heteroatoms. The number of ether oxygens (including phenoxy) is 2. The second kappa shape index (κ2) is 10.1. The number of carbonyl (C=O) groups excluding carboxylic acids is 2. The van der Waals surface area contributed by atoms with Crippen molar-refractivity contribution in [2.75, 3.05) is 4.90 Å². The number of rotatable bonds is 7. The van der Waals surface area contributed by atoms with Gasteiger partial charge >= 0.3 is 0 Å². The van der Waals surface area contributed by atoms with Crippen LogP contribution in [0.3, 0.4) is 0 Å². The van der Waals surface area contributed by atoms with Crippen molar-refractivity contribution in [1.29, 1.82) is 0 Å². The van der Waals surface area contributed by atoms with Gasteiger partial charge in [0.25, 0.3) is 11.7 Å². The molecule has 0 radical (unpaired) electrons. The van der Waals surface area contributed by atoms with E-state index in [-0.39, 0.29) is 17.4 Å². The third kappa shape index (κ3) is 4.84. The quantitative estimate of drug-likeness (QED) is 0.179. The van der Waals surface area contributed by atoms with Crippen LogP contribution in [-0.2, 0) is 9.59 Å². The van der Waals surface area contributed by atoms with Gasteiger partial charge in [0.05, 0.1) is 17.9 Å². The zero-order valence-electron chi connectivity index (χ0n) is 20.3. The van der Waals surface area contributed by atoms with Crippen molar-refractivity contribution in [3.05, 3.63) is 114 Å². The maximum atomic E-state index is 13.3. The number of Topliss-reactive ketones (excluding diaryl/α,β-unsaturated/α-hetero) is 1. The average Bonchev–Trinajstić information content (AvgIpc) is 3.51. The fraction of sp³-hybridized carbons (Fsp3) is 0.133. The molecule has 0 aliphatic carbocycles. The molecule has 4 aromatic rings. The van der Waals surface area contributed by atoms with Gasteiger partial charge in [-0.3, -0.25) is 14.5 Å². The van der Waals surface area contributed by atoms with Crippen molar-refractivity contribution in [2.45, 2.75) is 26.0 Å². The summed E-state index contributed by atoms with van der Waals surface area (Å²) in [6.45, 7) is 3.79. The molecule has 1 saturated heterocycles. The highest BCUT2D eigenvalue weighted by Gasteiger charge is 2.48. The molecular weight excluding hydrogens is 470 g/mol. The summed E-state index contributed by atoms with van der Waals surface area (Å²) in [6.07, 6.45) is 1.39. The molecule has 186 valence electrons. The van der Waals surface area contributed by atoms with Crippen molar-refractivity contribution >= 4 is 23.1 Å². The number of ketones is 1. The van der Waals surface area contributed by atoms with Crippen LogP contribution in [0, 0.1) is 0 Å². The van der Waals surface area contributed by atoms with Crippen molar-refractivity contribution in [3.63, 3.8) is 0 Å². The number of benzene rings is 3. The van der Waals surface area contributed by atoms with E-state index in [1.165, 1.54) is 11.2 Å². The third-order valence-electron chi connectivity index (χ3n) is 5.83. The normalized spacial score (nSPS) is 16.8. The second-order valence-corrected chi connectivity index (χ2v) is 8.79. The Labute approximate surface area is 214 Å². The molecule has 7 nitrogen and oxygen atoms in total. The van der Waals surface area contributed by atoms with Crippen LogP contribution < -0.4 is 14.4 Å². The summed E-state index contributed by atoms with van der Waals surface area (Å²) in [7, 11) is 0. The van der Waals surface area contributed by atoms with Crippen LogP contribution in [0.15, 0.2) is 107 Å². The number of aliphatic hydroxyl groups is 1. The smallest absolute Gasteiger partial charge is 0.300 e. The minimum Gasteiger partial charge on any atom is -0.507 e. The van der Waals surface area contributed by atoms with Crippen molar-refractivity contribution in [1.82, 2.24) is 0 Å². The van der Waals surface area contributed by atoms with E-state index in [4.69, 9.17) is 13.9 Å². The summed E-state index contributed by atoms with van der Waals surface area (Å²) in [5.41, 5.74) is 0.755. The highest BCUT2D eigenvalue weighted by atomic mass is 16.5. The number of anilines is 1. The molecule has 1 unspecified atom stereocenters. The number of carbonyl (C=O) groups is 2. The number of aliphatic hydroxyl groups excluding tert-OH is 1. The predicted octanol–water partition coefficient (Wildman–Crippen LogP) is 6.49. The summed E-state index contributed by atoms with van der Waals surface area (Å²) >= 11 is 0. The minimum absolute atomic E-state index is 0.0636. The van der Waals surface area contributed by atoms with E-state index in [9.17, 15) is 14.7 Å². The largest absolute Gasteiger partial charge is 0.507 e. The molecule has 1 aliphatic rings. The van der Waals surface area contributed by atoms with Gasteiger partial charge in [-0.2, -0.15) is 0 Å². The Balaban J connectivity index is 1.54.